The van der Waals surface area contributed by atoms with Crippen molar-refractivity contribution in [3.63, 3.8) is 0 Å². The second-order valence-corrected chi connectivity index (χ2v) is 8.09. The predicted octanol–water partition coefficient (Wildman–Crippen LogP) is 0.869. The lowest BCUT2D eigenvalue weighted by molar-refractivity contribution is -0.139. The minimum Gasteiger partial charge on any atom is -0.378 e. The number of pyridine rings is 1. The molecule has 2 N–H and O–H groups in total. The minimum absolute atomic E-state index is 0.0156. The highest BCUT2D eigenvalue weighted by atomic mass is 16.2. The zero-order valence-corrected chi connectivity index (χ0v) is 18.5. The Labute approximate surface area is 184 Å². The van der Waals surface area contributed by atoms with Crippen LogP contribution in [0.1, 0.15) is 17.2 Å². The van der Waals surface area contributed by atoms with Crippen LogP contribution in [0.25, 0.3) is 0 Å². The van der Waals surface area contributed by atoms with E-state index in [4.69, 9.17) is 0 Å². The number of nitrogens with one attached hydrogen (secondary N) is 2. The number of likely N-dealkylation sites (N-methyl/N-ethyl adjacent to an activating group) is 1. The van der Waals surface area contributed by atoms with Gasteiger partial charge in [-0.2, -0.15) is 0 Å². The topological polar surface area (TPSA) is 80.8 Å². The van der Waals surface area contributed by atoms with Gasteiger partial charge in [0, 0.05) is 71.4 Å². The van der Waals surface area contributed by atoms with Crippen molar-refractivity contribution in [2.45, 2.75) is 12.6 Å². The smallest absolute Gasteiger partial charge is 0.309 e. The van der Waals surface area contributed by atoms with Crippen molar-refractivity contribution in [3.8, 4) is 0 Å². The van der Waals surface area contributed by atoms with Gasteiger partial charge in [0.15, 0.2) is 0 Å². The van der Waals surface area contributed by atoms with Crippen LogP contribution in [0.3, 0.4) is 0 Å². The molecule has 8 heteroatoms. The van der Waals surface area contributed by atoms with Crippen LogP contribution in [0.4, 0.5) is 5.69 Å². The zero-order valence-electron chi connectivity index (χ0n) is 18.5. The predicted molar refractivity (Wildman–Crippen MR) is 122 cm³/mol. The van der Waals surface area contributed by atoms with Gasteiger partial charge in [-0.25, -0.2) is 0 Å². The van der Waals surface area contributed by atoms with E-state index in [2.05, 4.69) is 61.6 Å². The van der Waals surface area contributed by atoms with Crippen molar-refractivity contribution in [1.29, 1.82) is 0 Å². The number of amides is 2. The third kappa shape index (κ3) is 6.50. The van der Waals surface area contributed by atoms with Crippen molar-refractivity contribution in [1.82, 2.24) is 25.4 Å². The Bertz CT molecular complexity index is 848. The van der Waals surface area contributed by atoms with E-state index in [1.165, 1.54) is 0 Å². The Balaban J connectivity index is 1.62. The lowest BCUT2D eigenvalue weighted by atomic mass is 10.0. The first-order valence-electron chi connectivity index (χ1n) is 10.6. The summed E-state index contributed by atoms with van der Waals surface area (Å²) in [6, 6.07) is 12.0. The summed E-state index contributed by atoms with van der Waals surface area (Å²) in [5.74, 6) is -1.24. The summed E-state index contributed by atoms with van der Waals surface area (Å²) in [6.07, 6.45) is 3.31. The third-order valence-electron chi connectivity index (χ3n) is 5.64. The fourth-order valence-electron chi connectivity index (χ4n) is 3.62. The largest absolute Gasteiger partial charge is 0.378 e. The average Bonchev–Trinajstić information content (AvgIpc) is 2.79. The molecule has 1 saturated heterocycles. The number of nitrogens with zero attached hydrogens (tertiary/aromatic N) is 4. The Morgan fingerprint density at radius 1 is 0.968 bits per heavy atom. The first-order chi connectivity index (χ1) is 14.9. The van der Waals surface area contributed by atoms with E-state index >= 15 is 0 Å². The van der Waals surface area contributed by atoms with E-state index in [0.29, 0.717) is 13.1 Å². The number of anilines is 1. The second kappa shape index (κ2) is 10.9. The summed E-state index contributed by atoms with van der Waals surface area (Å²) >= 11 is 0. The van der Waals surface area contributed by atoms with Crippen LogP contribution >= 0.6 is 0 Å². The van der Waals surface area contributed by atoms with Gasteiger partial charge in [-0.05, 0) is 42.4 Å². The molecule has 1 unspecified atom stereocenters. The normalized spacial score (nSPS) is 15.8. The molecule has 2 aromatic rings. The monoisotopic (exact) mass is 424 g/mol. The highest BCUT2D eigenvalue weighted by Crippen LogP contribution is 2.24. The number of piperazine rings is 1. The molecule has 1 aliphatic rings. The molecule has 0 bridgehead atoms. The molecule has 1 aromatic carbocycles. The third-order valence-corrected chi connectivity index (χ3v) is 5.64. The van der Waals surface area contributed by atoms with Crippen molar-refractivity contribution in [2.24, 2.45) is 0 Å². The maximum absolute atomic E-state index is 12.4. The maximum atomic E-state index is 12.4. The van der Waals surface area contributed by atoms with E-state index in [1.54, 1.807) is 24.5 Å². The molecule has 0 radical (unpaired) electrons. The number of carbonyl (C=O) groups excluding carboxylic acids is 2. The number of hydrogen-bond acceptors (Lipinski definition) is 6. The van der Waals surface area contributed by atoms with Gasteiger partial charge in [-0.1, -0.05) is 12.1 Å². The van der Waals surface area contributed by atoms with Crippen LogP contribution in [0.15, 0.2) is 48.8 Å². The Hall–Kier alpha value is -2.97. The van der Waals surface area contributed by atoms with Gasteiger partial charge in [-0.15, -0.1) is 0 Å². The summed E-state index contributed by atoms with van der Waals surface area (Å²) < 4.78 is 0. The van der Waals surface area contributed by atoms with Gasteiger partial charge in [0.1, 0.15) is 0 Å². The average molecular weight is 425 g/mol. The van der Waals surface area contributed by atoms with Gasteiger partial charge in [-0.3, -0.25) is 19.5 Å². The Morgan fingerprint density at radius 2 is 1.58 bits per heavy atom. The number of hydrogen-bond donors (Lipinski definition) is 2. The Morgan fingerprint density at radius 3 is 2.19 bits per heavy atom. The van der Waals surface area contributed by atoms with Gasteiger partial charge >= 0.3 is 11.8 Å². The number of carbonyl (C=O) groups is 2. The maximum Gasteiger partial charge on any atom is 0.309 e. The van der Waals surface area contributed by atoms with E-state index in [0.717, 1.165) is 43.0 Å². The first kappa shape index (κ1) is 22.7. The molecule has 0 saturated carbocycles. The molecular formula is C23H32N6O2. The highest BCUT2D eigenvalue weighted by molar-refractivity contribution is 6.35. The molecule has 2 amide bonds. The SMILES string of the molecule is CN1CCN(C(CNC(=O)C(=O)NCc2ccncc2)c2ccc(N(C)C)cc2)CC1. The summed E-state index contributed by atoms with van der Waals surface area (Å²) in [5.41, 5.74) is 3.15. The van der Waals surface area contributed by atoms with Crippen molar-refractivity contribution in [3.05, 3.63) is 59.9 Å². The quantitative estimate of drug-likeness (QED) is 0.642. The molecule has 31 heavy (non-hydrogen) atoms. The van der Waals surface area contributed by atoms with Crippen LogP contribution in [0.5, 0.6) is 0 Å². The molecular weight excluding hydrogens is 392 g/mol. The van der Waals surface area contributed by atoms with Crippen molar-refractivity contribution < 1.29 is 9.59 Å². The fraction of sp³-hybridized carbons (Fsp3) is 0.435. The van der Waals surface area contributed by atoms with Gasteiger partial charge in [0.2, 0.25) is 0 Å². The van der Waals surface area contributed by atoms with Crippen LogP contribution in [-0.2, 0) is 16.1 Å². The standard InChI is InChI=1S/C23H32N6O2/c1-27(2)20-6-4-19(5-7-20)21(29-14-12-28(3)13-15-29)17-26-23(31)22(30)25-16-18-8-10-24-11-9-18/h4-11,21H,12-17H2,1-3H3,(H,25,30)(H,26,31). The molecule has 3 rings (SSSR count). The van der Waals surface area contributed by atoms with Crippen molar-refractivity contribution >= 4 is 17.5 Å². The van der Waals surface area contributed by atoms with Crippen LogP contribution in [-0.4, -0.2) is 80.5 Å². The zero-order chi connectivity index (χ0) is 22.2. The van der Waals surface area contributed by atoms with E-state index in [-0.39, 0.29) is 6.04 Å². The summed E-state index contributed by atoms with van der Waals surface area (Å²) in [5, 5.41) is 5.50. The number of aromatic nitrogens is 1. The molecule has 1 aromatic heterocycles. The van der Waals surface area contributed by atoms with Crippen LogP contribution < -0.4 is 15.5 Å². The lowest BCUT2D eigenvalue weighted by Crippen LogP contribution is -2.49. The molecule has 0 spiro atoms. The van der Waals surface area contributed by atoms with Crippen LogP contribution in [0.2, 0.25) is 0 Å². The molecule has 2 heterocycles. The lowest BCUT2D eigenvalue weighted by Gasteiger charge is -2.38. The number of benzene rings is 1. The van der Waals surface area contributed by atoms with Crippen molar-refractivity contribution in [2.75, 3.05) is 58.8 Å². The summed E-state index contributed by atoms with van der Waals surface area (Å²) in [4.78, 5) is 35.3. The van der Waals surface area contributed by atoms with E-state index < -0.39 is 11.8 Å². The minimum atomic E-state index is -0.628. The first-order valence-corrected chi connectivity index (χ1v) is 10.6. The summed E-state index contributed by atoms with van der Waals surface area (Å²) in [6.45, 7) is 4.47. The molecule has 8 nitrogen and oxygen atoms in total. The van der Waals surface area contributed by atoms with E-state index in [1.807, 2.05) is 14.1 Å². The molecule has 1 fully saturated rings. The Kier molecular flexibility index (Phi) is 7.97. The van der Waals surface area contributed by atoms with Gasteiger partial charge in [0.05, 0.1) is 6.04 Å². The van der Waals surface area contributed by atoms with Gasteiger partial charge in [0.25, 0.3) is 0 Å². The van der Waals surface area contributed by atoms with Gasteiger partial charge < -0.3 is 20.4 Å². The fourth-order valence-corrected chi connectivity index (χ4v) is 3.62. The second-order valence-electron chi connectivity index (χ2n) is 8.09. The number of rotatable bonds is 7. The highest BCUT2D eigenvalue weighted by Gasteiger charge is 2.25. The molecule has 1 aliphatic heterocycles. The van der Waals surface area contributed by atoms with E-state index in [9.17, 15) is 9.59 Å². The summed E-state index contributed by atoms with van der Waals surface area (Å²) in [7, 11) is 6.14. The van der Waals surface area contributed by atoms with Crippen LogP contribution in [0, 0.1) is 0 Å². The molecule has 0 aliphatic carbocycles. The molecule has 1 atom stereocenters. The molecule has 166 valence electrons.